The Kier molecular flexibility index (Phi) is 8.32. The number of imidazole rings is 1. The first-order chi connectivity index (χ1) is 58.7. The first kappa shape index (κ1) is 34.1. The maximum absolute atomic E-state index is 10.3. The van der Waals surface area contributed by atoms with Crippen LogP contribution in [0.3, 0.4) is 0 Å². The Bertz CT molecular complexity index is 6410. The Morgan fingerprint density at radius 2 is 1.03 bits per heavy atom. The molecule has 0 atom stereocenters. The summed E-state index contributed by atoms with van der Waals surface area (Å²) in [6.45, 7) is -34.2. The van der Waals surface area contributed by atoms with Crippen LogP contribution in [0.15, 0.2) is 261 Å². The Balaban J connectivity index is 0.0000124. The van der Waals surface area contributed by atoms with Gasteiger partial charge < -0.3 is 13.9 Å². The fourth-order valence-corrected chi connectivity index (χ4v) is 18.6. The molecule has 2 aliphatic rings. The fourth-order valence-electron chi connectivity index (χ4n) is 13.8. The molecule has 7 heteroatoms. The van der Waals surface area contributed by atoms with E-state index in [2.05, 4.69) is 67.0 Å². The molecule has 0 saturated carbocycles. The number of rotatable bonds is 12. The molecule has 11 aromatic carbocycles. The molecular weight excluding hydrogens is 1340 g/mol. The van der Waals surface area contributed by atoms with Gasteiger partial charge in [0.05, 0.1) is 24.9 Å². The van der Waals surface area contributed by atoms with E-state index in [1.807, 2.05) is 91.0 Å². The number of nitrogens with zero attached hydrogens (tertiary/aromatic N) is 4. The van der Waals surface area contributed by atoms with Crippen molar-refractivity contribution in [3.8, 4) is 62.1 Å². The molecule has 0 N–H and O–H groups in total. The van der Waals surface area contributed by atoms with Gasteiger partial charge in [0, 0.05) is 86.9 Å². The molecule has 5 nitrogen and oxygen atoms in total. The molecule has 0 saturated heterocycles. The zero-order valence-corrected chi connectivity index (χ0v) is 53.1. The zero-order valence-electron chi connectivity index (χ0n) is 82.8. The van der Waals surface area contributed by atoms with Crippen LogP contribution in [0.5, 0.6) is 11.5 Å². The normalized spacial score (nSPS) is 21.4. The van der Waals surface area contributed by atoms with Crippen molar-refractivity contribution < 1.29 is 75.6 Å². The van der Waals surface area contributed by atoms with Gasteiger partial charge in [-0.25, -0.2) is 4.98 Å². The van der Waals surface area contributed by atoms with Gasteiger partial charge in [0.15, 0.2) is 8.07 Å². The van der Waals surface area contributed by atoms with E-state index in [4.69, 9.17) is 42.6 Å². The number of aromatic nitrogens is 4. The van der Waals surface area contributed by atoms with Gasteiger partial charge in [-0.1, -0.05) is 273 Å². The molecule has 3 heterocycles. The molecule has 94 heavy (non-hydrogen) atoms. The predicted octanol–water partition coefficient (Wildman–Crippen LogP) is 18.2. The number of para-hydroxylation sites is 4. The predicted molar refractivity (Wildman–Crippen MR) is 386 cm³/mol. The smallest absolute Gasteiger partial charge is 0.268 e. The summed E-state index contributed by atoms with van der Waals surface area (Å²) in [6, 6.07) is 64.2. The molecule has 0 radical (unpaired) electrons. The van der Waals surface area contributed by atoms with Crippen molar-refractivity contribution in [2.75, 3.05) is 0 Å². The molecule has 16 rings (SSSR count). The van der Waals surface area contributed by atoms with E-state index in [0.717, 1.165) is 48.9 Å². The third-order valence-electron chi connectivity index (χ3n) is 17.9. The molecule has 0 bridgehead atoms. The van der Waals surface area contributed by atoms with Crippen molar-refractivity contribution in [2.24, 2.45) is 0 Å². The molecule has 0 spiro atoms. The minimum Gasteiger partial charge on any atom is -0.510 e. The number of aryl methyl sites for hydroxylation is 1. The maximum atomic E-state index is 10.3. The number of benzene rings is 11. The largest absolute Gasteiger partial charge is 0.510 e. The standard InChI is InChI=1S/C87H74N4OSi.Pt/c1-58-48-82(88-54-73(58)59-26-23-35-68(49-59)93(65-29-13-10-14-30-65,66-31-15-11-16-32-66)67-33-17-12-18-34-67)91-78-39-20-19-36-71(78)72-45-44-64(53-81(72)91)92-63-28-24-27-62(52-63)89-57-90(80-41-22-21-40-79(80)89)83-69(60-42-46-74-76(50-60)86(6,7)55-84(74,2)3)37-25-38-70(83)61-43-47-75-77(51-61)87(8,9)56-85(75,4)5;/h10-51,54H,55-56H2,1-9H3;/q-2;/i1D3,2D3,3D3,4D3,5D3,6D3,7D3,8D3,9D3,42D,43D,46D,47D,50D,51D;. The molecule has 464 valence electrons. The van der Waals surface area contributed by atoms with Crippen molar-refractivity contribution in [2.45, 2.75) is 96.2 Å². The maximum Gasteiger partial charge on any atom is 0.268 e. The van der Waals surface area contributed by atoms with Gasteiger partial charge in [0.25, 0.3) is 6.33 Å². The molecule has 0 amide bonds. The molecular formula is C87H74N4OPtSi-2. The molecule has 14 aromatic rings. The number of hydrogen-bond donors (Lipinski definition) is 0. The number of ether oxygens (including phenoxy) is 1. The van der Waals surface area contributed by atoms with Crippen LogP contribution in [0.1, 0.15) is 141 Å². The minimum atomic E-state index is -3.97. The van der Waals surface area contributed by atoms with Gasteiger partial charge in [-0.05, 0) is 141 Å². The van der Waals surface area contributed by atoms with E-state index < -0.39 is 191 Å². The van der Waals surface area contributed by atoms with Gasteiger partial charge >= 0.3 is 0 Å². The van der Waals surface area contributed by atoms with Crippen LogP contribution in [-0.4, -0.2) is 22.2 Å². The number of fused-ring (bicyclic) bond motifs is 6. The van der Waals surface area contributed by atoms with Crippen molar-refractivity contribution in [3.05, 3.63) is 307 Å². The summed E-state index contributed by atoms with van der Waals surface area (Å²) in [5.74, 6) is 0.319. The van der Waals surface area contributed by atoms with E-state index in [-0.39, 0.29) is 60.7 Å². The summed E-state index contributed by atoms with van der Waals surface area (Å²) in [4.78, 5) is 5.07. The van der Waals surface area contributed by atoms with Crippen LogP contribution in [0.4, 0.5) is 0 Å². The topological polar surface area (TPSA) is 35.9 Å². The second-order valence-corrected chi connectivity index (χ2v) is 27.7. The zero-order chi connectivity index (χ0) is 91.3. The molecule has 0 unspecified atom stereocenters. The summed E-state index contributed by atoms with van der Waals surface area (Å²) in [5, 5.41) is 5.73. The third kappa shape index (κ3) is 9.98. The van der Waals surface area contributed by atoms with Gasteiger partial charge in [-0.15, -0.1) is 29.7 Å². The second kappa shape index (κ2) is 22.9. The van der Waals surface area contributed by atoms with E-state index in [9.17, 15) is 12.3 Å². The number of pyridine rings is 1. The fraction of sp³-hybridized carbons (Fsp3) is 0.172. The van der Waals surface area contributed by atoms with Crippen LogP contribution in [0, 0.1) is 25.3 Å². The summed E-state index contributed by atoms with van der Waals surface area (Å²) in [7, 11) is -3.12. The van der Waals surface area contributed by atoms with E-state index in [1.54, 1.807) is 59.3 Å². The van der Waals surface area contributed by atoms with Crippen molar-refractivity contribution in [3.63, 3.8) is 0 Å². The first-order valence-electron chi connectivity index (χ1n) is 46.5. The van der Waals surface area contributed by atoms with Crippen LogP contribution < -0.4 is 30.1 Å². The Labute approximate surface area is 614 Å². The van der Waals surface area contributed by atoms with Gasteiger partial charge in [0.2, 0.25) is 0 Å². The van der Waals surface area contributed by atoms with E-state index in [1.165, 1.54) is 16.7 Å². The van der Waals surface area contributed by atoms with Gasteiger partial charge in [-0.2, -0.15) is 18.2 Å². The number of hydrogen-bond acceptors (Lipinski definition) is 2. The van der Waals surface area contributed by atoms with Crippen molar-refractivity contribution in [1.29, 1.82) is 0 Å². The first-order valence-corrected chi connectivity index (χ1v) is 32.0. The van der Waals surface area contributed by atoms with Crippen LogP contribution >= 0.6 is 0 Å². The molecule has 0 fully saturated rings. The van der Waals surface area contributed by atoms with Gasteiger partial charge in [-0.3, -0.25) is 4.57 Å². The van der Waals surface area contributed by atoms with E-state index in [0.29, 0.717) is 27.5 Å². The van der Waals surface area contributed by atoms with Gasteiger partial charge in [0.1, 0.15) is 5.82 Å². The molecule has 2 aliphatic carbocycles. The summed E-state index contributed by atoms with van der Waals surface area (Å²) < 4.78 is 314. The third-order valence-corrected chi connectivity index (χ3v) is 22.6. The van der Waals surface area contributed by atoms with Crippen LogP contribution in [0.2, 0.25) is 0 Å². The van der Waals surface area contributed by atoms with E-state index >= 15 is 0 Å². The summed E-state index contributed by atoms with van der Waals surface area (Å²) in [5.41, 5.74) is -21.0. The van der Waals surface area contributed by atoms with Crippen LogP contribution in [0.25, 0.3) is 83.4 Å². The summed E-state index contributed by atoms with van der Waals surface area (Å²) >= 11 is 0. The Hall–Kier alpha value is -9.45. The van der Waals surface area contributed by atoms with Crippen molar-refractivity contribution in [1.82, 2.24) is 14.1 Å². The van der Waals surface area contributed by atoms with Crippen LogP contribution in [-0.2, 0) is 42.7 Å². The van der Waals surface area contributed by atoms with Crippen molar-refractivity contribution >= 4 is 61.7 Å². The monoisotopic (exact) mass is 1450 g/mol. The average Bonchev–Trinajstić information content (AvgIpc) is 1.49. The summed E-state index contributed by atoms with van der Waals surface area (Å²) in [6.07, 6.45) is 1.19. The second-order valence-electron chi connectivity index (χ2n) is 23.9. The Morgan fingerprint density at radius 3 is 1.65 bits per heavy atom. The minimum absolute atomic E-state index is 0. The average molecular weight is 1450 g/mol. The Morgan fingerprint density at radius 1 is 0.489 bits per heavy atom. The molecule has 3 aromatic heterocycles. The SMILES string of the molecule is [2H]c1c([2H])c2c(c([2H])c1-c1cccc(-c3c([2H])c([2H])c4c(c3[2H])C(C([2H])([2H])[2H])(C([2H])([2H])[2H])CC4(C([2H])([2H])[2H])C([2H])([2H])[2H])c1-[n+]1[c-]n(-c3[c-]c(Oc4[c-]c5c(cc4)c4ccccc4n5-c4cc(C([2H])([2H])[2H])c(-c5cccc([Si](c6ccccc6)(c6ccccc6)c6ccccc6)c5)cn4)ccc3)c3ccccc31)C(C([2H])([2H])[2H])(C([2H])([2H])[2H])CC2(C([2H])([2H])[2H])C([2H])([2H])[2H].[Pt]. The quantitative estimate of drug-likeness (QED) is 0.0529. The molecule has 0 aliphatic heterocycles.